The molecule has 0 atom stereocenters. The fraction of sp³-hybridized carbons (Fsp3) is 0.333. The van der Waals surface area contributed by atoms with Crippen molar-refractivity contribution >= 4 is 15.9 Å². The monoisotopic (exact) mass is 338 g/mol. The van der Waals surface area contributed by atoms with Crippen molar-refractivity contribution in [3.63, 3.8) is 0 Å². The first kappa shape index (κ1) is 14.9. The molecule has 0 radical (unpaired) electrons. The molecule has 2 aromatic rings. The van der Waals surface area contributed by atoms with Gasteiger partial charge in [-0.2, -0.15) is 0 Å². The maximum atomic E-state index is 13.0. The summed E-state index contributed by atoms with van der Waals surface area (Å²) in [5, 5.41) is 0. The number of aryl methyl sites for hydroxylation is 1. The van der Waals surface area contributed by atoms with E-state index in [2.05, 4.69) is 25.9 Å². The smallest absolute Gasteiger partial charge is 0.265 e. The van der Waals surface area contributed by atoms with E-state index < -0.39 is 5.41 Å². The predicted octanol–water partition coefficient (Wildman–Crippen LogP) is 3.56. The molecule has 20 heavy (non-hydrogen) atoms. The zero-order valence-electron chi connectivity index (χ0n) is 11.6. The molecular formula is C15H16BrFN2O. The number of H-pyrrole nitrogens is 1. The number of nitrogens with zero attached hydrogens (tertiary/aromatic N) is 1. The molecule has 3 nitrogen and oxygen atoms in total. The number of halogens is 2. The SMILES string of the molecule is CCc1nc(C(C)(C)c2ccc(F)cc2)[nH]c(=O)c1Br. The van der Waals surface area contributed by atoms with Gasteiger partial charge in [0.05, 0.1) is 5.69 Å². The first-order chi connectivity index (χ1) is 9.36. The van der Waals surface area contributed by atoms with Crippen LogP contribution in [0.3, 0.4) is 0 Å². The van der Waals surface area contributed by atoms with E-state index in [1.54, 1.807) is 12.1 Å². The molecule has 5 heteroatoms. The molecule has 0 unspecified atom stereocenters. The highest BCUT2D eigenvalue weighted by atomic mass is 79.9. The van der Waals surface area contributed by atoms with Gasteiger partial charge in [-0.05, 0) is 53.9 Å². The third-order valence-electron chi connectivity index (χ3n) is 3.42. The van der Waals surface area contributed by atoms with Crippen LogP contribution in [0.5, 0.6) is 0 Å². The van der Waals surface area contributed by atoms with Crippen LogP contribution in [0.25, 0.3) is 0 Å². The number of aromatic nitrogens is 2. The lowest BCUT2D eigenvalue weighted by Crippen LogP contribution is -2.27. The van der Waals surface area contributed by atoms with Crippen LogP contribution >= 0.6 is 15.9 Å². The molecule has 0 saturated carbocycles. The van der Waals surface area contributed by atoms with E-state index in [1.165, 1.54) is 12.1 Å². The van der Waals surface area contributed by atoms with Gasteiger partial charge in [0, 0.05) is 5.41 Å². The standard InChI is InChI=1S/C15H16BrFN2O/c1-4-11-12(16)13(20)19-14(18-11)15(2,3)9-5-7-10(17)8-6-9/h5-8H,4H2,1-3H3,(H,18,19,20). The average molecular weight is 339 g/mol. The van der Waals surface area contributed by atoms with Crippen LogP contribution in [0.2, 0.25) is 0 Å². The molecule has 0 aliphatic heterocycles. The minimum Gasteiger partial charge on any atom is -0.309 e. The molecule has 0 fully saturated rings. The van der Waals surface area contributed by atoms with Crippen molar-refractivity contribution in [1.82, 2.24) is 9.97 Å². The zero-order chi connectivity index (χ0) is 14.9. The van der Waals surface area contributed by atoms with Crippen molar-refractivity contribution in [3.05, 3.63) is 62.0 Å². The van der Waals surface area contributed by atoms with E-state index in [-0.39, 0.29) is 11.4 Å². The van der Waals surface area contributed by atoms with Crippen LogP contribution < -0.4 is 5.56 Å². The van der Waals surface area contributed by atoms with Crippen molar-refractivity contribution in [2.45, 2.75) is 32.6 Å². The maximum Gasteiger partial charge on any atom is 0.265 e. The number of nitrogens with one attached hydrogen (secondary N) is 1. The Morgan fingerprint density at radius 1 is 1.30 bits per heavy atom. The van der Waals surface area contributed by atoms with Gasteiger partial charge in [0.25, 0.3) is 5.56 Å². The Hall–Kier alpha value is -1.49. The van der Waals surface area contributed by atoms with E-state index in [1.807, 2.05) is 20.8 Å². The molecule has 1 aromatic carbocycles. The number of hydrogen-bond acceptors (Lipinski definition) is 2. The van der Waals surface area contributed by atoms with Crippen molar-refractivity contribution in [1.29, 1.82) is 0 Å². The topological polar surface area (TPSA) is 45.8 Å². The quantitative estimate of drug-likeness (QED) is 0.929. The number of benzene rings is 1. The van der Waals surface area contributed by atoms with E-state index >= 15 is 0 Å². The summed E-state index contributed by atoms with van der Waals surface area (Å²) in [5.41, 5.74) is 0.921. The first-order valence-corrected chi connectivity index (χ1v) is 7.20. The molecule has 0 bridgehead atoms. The highest BCUT2D eigenvalue weighted by Gasteiger charge is 2.27. The Morgan fingerprint density at radius 3 is 2.45 bits per heavy atom. The van der Waals surface area contributed by atoms with Crippen molar-refractivity contribution < 1.29 is 4.39 Å². The summed E-state index contributed by atoms with van der Waals surface area (Å²) in [6.45, 7) is 5.85. The molecule has 0 spiro atoms. The van der Waals surface area contributed by atoms with Gasteiger partial charge in [-0.25, -0.2) is 9.37 Å². The third kappa shape index (κ3) is 2.68. The van der Waals surface area contributed by atoms with Gasteiger partial charge in [0.1, 0.15) is 16.1 Å². The largest absolute Gasteiger partial charge is 0.309 e. The lowest BCUT2D eigenvalue weighted by molar-refractivity contribution is 0.575. The van der Waals surface area contributed by atoms with Gasteiger partial charge in [0.15, 0.2) is 0 Å². The minimum atomic E-state index is -0.503. The van der Waals surface area contributed by atoms with E-state index in [9.17, 15) is 9.18 Å². The molecule has 2 rings (SSSR count). The number of rotatable bonds is 3. The van der Waals surface area contributed by atoms with Gasteiger partial charge in [-0.1, -0.05) is 19.1 Å². The van der Waals surface area contributed by atoms with Crippen LogP contribution in [-0.4, -0.2) is 9.97 Å². The van der Waals surface area contributed by atoms with Gasteiger partial charge in [-0.3, -0.25) is 4.79 Å². The molecule has 106 valence electrons. The summed E-state index contributed by atoms with van der Waals surface area (Å²) in [6.07, 6.45) is 0.664. The lowest BCUT2D eigenvalue weighted by Gasteiger charge is -2.24. The highest BCUT2D eigenvalue weighted by Crippen LogP contribution is 2.29. The Kier molecular flexibility index (Phi) is 4.09. The van der Waals surface area contributed by atoms with E-state index in [4.69, 9.17) is 0 Å². The molecule has 1 aromatic heterocycles. The molecule has 0 aliphatic rings. The Labute approximate surface area is 125 Å². The minimum absolute atomic E-state index is 0.193. The van der Waals surface area contributed by atoms with Crippen LogP contribution in [0.4, 0.5) is 4.39 Å². The molecule has 0 aliphatic carbocycles. The van der Waals surface area contributed by atoms with Crippen LogP contribution in [0, 0.1) is 5.82 Å². The van der Waals surface area contributed by atoms with Gasteiger partial charge >= 0.3 is 0 Å². The summed E-state index contributed by atoms with van der Waals surface area (Å²) in [4.78, 5) is 19.3. The Balaban J connectivity index is 2.56. The van der Waals surface area contributed by atoms with Gasteiger partial charge < -0.3 is 4.98 Å². The summed E-state index contributed by atoms with van der Waals surface area (Å²) < 4.78 is 13.5. The summed E-state index contributed by atoms with van der Waals surface area (Å²) in [5.74, 6) is 0.296. The van der Waals surface area contributed by atoms with E-state index in [0.29, 0.717) is 16.7 Å². The second-order valence-electron chi connectivity index (χ2n) is 5.16. The number of aromatic amines is 1. The molecular weight excluding hydrogens is 323 g/mol. The van der Waals surface area contributed by atoms with Crippen LogP contribution in [-0.2, 0) is 11.8 Å². The highest BCUT2D eigenvalue weighted by molar-refractivity contribution is 9.10. The maximum absolute atomic E-state index is 13.0. The van der Waals surface area contributed by atoms with E-state index in [0.717, 1.165) is 11.3 Å². The second-order valence-corrected chi connectivity index (χ2v) is 5.95. The Morgan fingerprint density at radius 2 is 1.90 bits per heavy atom. The van der Waals surface area contributed by atoms with Crippen molar-refractivity contribution in [2.24, 2.45) is 0 Å². The lowest BCUT2D eigenvalue weighted by atomic mass is 9.83. The fourth-order valence-electron chi connectivity index (χ4n) is 2.04. The Bertz CT molecular complexity index is 677. The predicted molar refractivity (Wildman–Crippen MR) is 80.5 cm³/mol. The zero-order valence-corrected chi connectivity index (χ0v) is 13.2. The molecule has 1 N–H and O–H groups in total. The van der Waals surface area contributed by atoms with Crippen LogP contribution in [0.15, 0.2) is 33.5 Å². The third-order valence-corrected chi connectivity index (χ3v) is 4.24. The first-order valence-electron chi connectivity index (χ1n) is 6.41. The normalized spacial score (nSPS) is 11.7. The summed E-state index contributed by atoms with van der Waals surface area (Å²) in [6, 6.07) is 6.25. The average Bonchev–Trinajstić information content (AvgIpc) is 2.42. The van der Waals surface area contributed by atoms with Gasteiger partial charge in [0.2, 0.25) is 0 Å². The molecule has 1 heterocycles. The molecule has 0 saturated heterocycles. The van der Waals surface area contributed by atoms with Gasteiger partial charge in [-0.15, -0.1) is 0 Å². The summed E-state index contributed by atoms with van der Waals surface area (Å²) >= 11 is 3.25. The van der Waals surface area contributed by atoms with Crippen molar-refractivity contribution in [3.8, 4) is 0 Å². The molecule has 0 amide bonds. The second kappa shape index (κ2) is 5.48. The number of hydrogen-bond donors (Lipinski definition) is 1. The summed E-state index contributed by atoms with van der Waals surface area (Å²) in [7, 11) is 0. The van der Waals surface area contributed by atoms with Crippen molar-refractivity contribution in [2.75, 3.05) is 0 Å². The fourth-order valence-corrected chi connectivity index (χ4v) is 2.51. The van der Waals surface area contributed by atoms with Crippen LogP contribution in [0.1, 0.15) is 37.9 Å².